The third-order valence-electron chi connectivity index (χ3n) is 4.01. The molecule has 0 radical (unpaired) electrons. The quantitative estimate of drug-likeness (QED) is 0.474. The molecule has 0 aliphatic heterocycles. The summed E-state index contributed by atoms with van der Waals surface area (Å²) in [5.74, 6) is 2.18. The average molecular weight is 383 g/mol. The molecule has 0 aliphatic carbocycles. The third kappa shape index (κ3) is 4.38. The summed E-state index contributed by atoms with van der Waals surface area (Å²) < 4.78 is 15.8. The first-order valence-corrected chi connectivity index (χ1v) is 9.15. The van der Waals surface area contributed by atoms with Gasteiger partial charge in [-0.05, 0) is 55.0 Å². The minimum atomic E-state index is 0.672. The molecule has 0 bridgehead atoms. The Morgan fingerprint density at radius 1 is 0.963 bits per heavy atom. The molecule has 0 fully saturated rings. The van der Waals surface area contributed by atoms with Crippen molar-refractivity contribution in [3.63, 3.8) is 0 Å². The maximum atomic E-state index is 5.35. The van der Waals surface area contributed by atoms with Crippen LogP contribution in [-0.4, -0.2) is 32.0 Å². The van der Waals surface area contributed by atoms with Crippen LogP contribution in [0.4, 0.5) is 5.13 Å². The number of hydrazone groups is 1. The summed E-state index contributed by atoms with van der Waals surface area (Å²) in [4.78, 5) is 4.59. The van der Waals surface area contributed by atoms with E-state index in [9.17, 15) is 0 Å². The fraction of sp³-hybridized carbons (Fsp3) is 0.200. The Hall–Kier alpha value is -3.06. The van der Waals surface area contributed by atoms with Gasteiger partial charge in [-0.1, -0.05) is 0 Å². The number of anilines is 1. The van der Waals surface area contributed by atoms with E-state index in [4.69, 9.17) is 14.2 Å². The first kappa shape index (κ1) is 18.7. The highest BCUT2D eigenvalue weighted by atomic mass is 32.1. The molecule has 140 valence electrons. The minimum absolute atomic E-state index is 0.672. The van der Waals surface area contributed by atoms with E-state index in [1.54, 1.807) is 21.3 Å². The van der Waals surface area contributed by atoms with Gasteiger partial charge in [-0.3, -0.25) is 5.43 Å². The average Bonchev–Trinajstić information content (AvgIpc) is 3.20. The predicted molar refractivity (Wildman–Crippen MR) is 109 cm³/mol. The molecule has 7 heteroatoms. The van der Waals surface area contributed by atoms with Crippen molar-refractivity contribution in [3.05, 3.63) is 53.4 Å². The standard InChI is InChI=1S/C20H21N3O3S/c1-13(14-5-8-16(24-2)9-6-14)22-23-20-21-17(12-27-20)15-7-10-18(25-3)19(11-15)26-4/h5-12H,1-4H3,(H,21,23)/b22-13+. The fourth-order valence-electron chi connectivity index (χ4n) is 2.48. The van der Waals surface area contributed by atoms with Crippen molar-refractivity contribution in [1.82, 2.24) is 4.98 Å². The molecule has 1 aromatic heterocycles. The largest absolute Gasteiger partial charge is 0.497 e. The van der Waals surface area contributed by atoms with E-state index in [0.717, 1.165) is 28.3 Å². The maximum Gasteiger partial charge on any atom is 0.203 e. The minimum Gasteiger partial charge on any atom is -0.497 e. The summed E-state index contributed by atoms with van der Waals surface area (Å²) in [5, 5.41) is 7.11. The second kappa shape index (κ2) is 8.55. The number of thiazole rings is 1. The van der Waals surface area contributed by atoms with Crippen LogP contribution in [0.1, 0.15) is 12.5 Å². The lowest BCUT2D eigenvalue weighted by Crippen LogP contribution is -1.99. The van der Waals surface area contributed by atoms with Crippen molar-refractivity contribution in [2.24, 2.45) is 5.10 Å². The second-order valence-corrected chi connectivity index (χ2v) is 6.50. The van der Waals surface area contributed by atoms with Gasteiger partial charge in [-0.15, -0.1) is 11.3 Å². The number of benzene rings is 2. The van der Waals surface area contributed by atoms with Crippen LogP contribution >= 0.6 is 11.3 Å². The molecule has 2 aromatic carbocycles. The molecule has 0 unspecified atom stereocenters. The zero-order valence-electron chi connectivity index (χ0n) is 15.6. The molecule has 0 saturated carbocycles. The van der Waals surface area contributed by atoms with E-state index >= 15 is 0 Å². The molecular weight excluding hydrogens is 362 g/mol. The van der Waals surface area contributed by atoms with Crippen LogP contribution in [0.2, 0.25) is 0 Å². The SMILES string of the molecule is COc1ccc(/C(C)=N/Nc2nc(-c3ccc(OC)c(OC)c3)cs2)cc1. The van der Waals surface area contributed by atoms with E-state index in [0.29, 0.717) is 16.6 Å². The van der Waals surface area contributed by atoms with Gasteiger partial charge in [0.05, 0.1) is 32.7 Å². The fourth-order valence-corrected chi connectivity index (χ4v) is 3.14. The van der Waals surface area contributed by atoms with Crippen molar-refractivity contribution in [1.29, 1.82) is 0 Å². The monoisotopic (exact) mass is 383 g/mol. The van der Waals surface area contributed by atoms with Crippen molar-refractivity contribution in [2.45, 2.75) is 6.92 Å². The molecule has 3 aromatic rings. The molecule has 1 N–H and O–H groups in total. The number of hydrogen-bond acceptors (Lipinski definition) is 7. The van der Waals surface area contributed by atoms with Crippen molar-refractivity contribution < 1.29 is 14.2 Å². The second-order valence-electron chi connectivity index (χ2n) is 5.65. The Bertz CT molecular complexity index is 936. The molecule has 0 amide bonds. The highest BCUT2D eigenvalue weighted by Gasteiger charge is 2.09. The number of aromatic nitrogens is 1. The Balaban J connectivity index is 1.74. The van der Waals surface area contributed by atoms with Crippen LogP contribution in [0.5, 0.6) is 17.2 Å². The highest BCUT2D eigenvalue weighted by molar-refractivity contribution is 7.14. The molecule has 1 heterocycles. The normalized spacial score (nSPS) is 11.2. The van der Waals surface area contributed by atoms with Gasteiger partial charge < -0.3 is 14.2 Å². The van der Waals surface area contributed by atoms with Crippen molar-refractivity contribution in [3.8, 4) is 28.5 Å². The van der Waals surface area contributed by atoms with Crippen LogP contribution in [0.3, 0.4) is 0 Å². The summed E-state index contributed by atoms with van der Waals surface area (Å²) in [6, 6.07) is 13.5. The first-order chi connectivity index (χ1) is 13.1. The molecule has 6 nitrogen and oxygen atoms in total. The number of ether oxygens (including phenoxy) is 3. The summed E-state index contributed by atoms with van der Waals surface area (Å²) >= 11 is 1.49. The molecule has 0 atom stereocenters. The summed E-state index contributed by atoms with van der Waals surface area (Å²) in [5.41, 5.74) is 6.70. The van der Waals surface area contributed by atoms with E-state index in [1.807, 2.05) is 54.8 Å². The number of methoxy groups -OCH3 is 3. The number of nitrogens with one attached hydrogen (secondary N) is 1. The van der Waals surface area contributed by atoms with Gasteiger partial charge in [0.15, 0.2) is 11.5 Å². The summed E-state index contributed by atoms with van der Waals surface area (Å²) in [7, 11) is 4.88. The zero-order valence-corrected chi connectivity index (χ0v) is 16.5. The van der Waals surface area contributed by atoms with E-state index in [-0.39, 0.29) is 0 Å². The lowest BCUT2D eigenvalue weighted by Gasteiger charge is -2.08. The van der Waals surface area contributed by atoms with Gasteiger partial charge in [0.2, 0.25) is 5.13 Å². The van der Waals surface area contributed by atoms with Crippen LogP contribution in [0, 0.1) is 0 Å². The molecule has 0 saturated heterocycles. The molecule has 0 aliphatic rings. The van der Waals surface area contributed by atoms with Crippen LogP contribution in [0.15, 0.2) is 52.9 Å². The summed E-state index contributed by atoms with van der Waals surface area (Å²) in [6.45, 7) is 1.94. The predicted octanol–water partition coefficient (Wildman–Crippen LogP) is 4.67. The third-order valence-corrected chi connectivity index (χ3v) is 4.76. The van der Waals surface area contributed by atoms with Gasteiger partial charge in [0.1, 0.15) is 5.75 Å². The smallest absolute Gasteiger partial charge is 0.203 e. The lowest BCUT2D eigenvalue weighted by molar-refractivity contribution is 0.355. The van der Waals surface area contributed by atoms with E-state index in [2.05, 4.69) is 15.5 Å². The topological polar surface area (TPSA) is 65.0 Å². The van der Waals surface area contributed by atoms with Crippen LogP contribution in [-0.2, 0) is 0 Å². The lowest BCUT2D eigenvalue weighted by atomic mass is 10.1. The number of nitrogens with zero attached hydrogens (tertiary/aromatic N) is 2. The van der Waals surface area contributed by atoms with Crippen LogP contribution in [0.25, 0.3) is 11.3 Å². The van der Waals surface area contributed by atoms with Crippen molar-refractivity contribution in [2.75, 3.05) is 26.8 Å². The Morgan fingerprint density at radius 2 is 1.70 bits per heavy atom. The first-order valence-electron chi connectivity index (χ1n) is 8.27. The molecule has 27 heavy (non-hydrogen) atoms. The molecule has 0 spiro atoms. The molecular formula is C20H21N3O3S. The van der Waals surface area contributed by atoms with E-state index < -0.39 is 0 Å². The number of hydrogen-bond donors (Lipinski definition) is 1. The Morgan fingerprint density at radius 3 is 2.37 bits per heavy atom. The van der Waals surface area contributed by atoms with Gasteiger partial charge >= 0.3 is 0 Å². The van der Waals surface area contributed by atoms with Crippen molar-refractivity contribution >= 4 is 22.2 Å². The summed E-state index contributed by atoms with van der Waals surface area (Å²) in [6.07, 6.45) is 0. The Labute approximate surface area is 162 Å². The molecule has 3 rings (SSSR count). The highest BCUT2D eigenvalue weighted by Crippen LogP contribution is 2.33. The van der Waals surface area contributed by atoms with Gasteiger partial charge in [0, 0.05) is 10.9 Å². The van der Waals surface area contributed by atoms with Crippen LogP contribution < -0.4 is 19.6 Å². The van der Waals surface area contributed by atoms with Gasteiger partial charge in [-0.25, -0.2) is 4.98 Å². The maximum absolute atomic E-state index is 5.35. The number of rotatable bonds is 7. The van der Waals surface area contributed by atoms with Gasteiger partial charge in [-0.2, -0.15) is 5.10 Å². The zero-order chi connectivity index (χ0) is 19.2. The Kier molecular flexibility index (Phi) is 5.93. The van der Waals surface area contributed by atoms with Gasteiger partial charge in [0.25, 0.3) is 0 Å². The van der Waals surface area contributed by atoms with E-state index in [1.165, 1.54) is 11.3 Å².